The van der Waals surface area contributed by atoms with Crippen LogP contribution in [0, 0.1) is 0 Å². The zero-order chi connectivity index (χ0) is 18.0. The van der Waals surface area contributed by atoms with E-state index in [1.807, 2.05) is 24.3 Å². The van der Waals surface area contributed by atoms with Crippen molar-refractivity contribution in [2.45, 2.75) is 26.4 Å². The maximum absolute atomic E-state index is 12.3. The summed E-state index contributed by atoms with van der Waals surface area (Å²) in [6.45, 7) is 3.13. The van der Waals surface area contributed by atoms with Gasteiger partial charge in [0.05, 0.1) is 0 Å². The average Bonchev–Trinajstić information content (AvgIpc) is 2.73. The molecule has 1 aromatic rings. The van der Waals surface area contributed by atoms with E-state index in [0.717, 1.165) is 14.9 Å². The zero-order valence-corrected chi connectivity index (χ0v) is 15.2. The van der Waals surface area contributed by atoms with Crippen molar-refractivity contribution < 1.29 is 19.2 Å². The Labute approximate surface area is 148 Å². The Morgan fingerprint density at radius 3 is 2.33 bits per heavy atom. The molecule has 1 heterocycles. The number of hydrogen-bond donors (Lipinski definition) is 0. The van der Waals surface area contributed by atoms with Gasteiger partial charge in [0.1, 0.15) is 6.54 Å². The van der Waals surface area contributed by atoms with Gasteiger partial charge in [-0.1, -0.05) is 34.1 Å². The lowest BCUT2D eigenvalue weighted by Gasteiger charge is -2.22. The SMILES string of the molecule is CC(C)N1C(=O)C(=O)N(CC(=O)N(C)Cc2ccccc2Br)C1=O. The van der Waals surface area contributed by atoms with Crippen LogP contribution < -0.4 is 0 Å². The fraction of sp³-hybridized carbons (Fsp3) is 0.375. The first kappa shape index (κ1) is 18.1. The van der Waals surface area contributed by atoms with Gasteiger partial charge in [-0.3, -0.25) is 19.3 Å². The Morgan fingerprint density at radius 1 is 1.17 bits per heavy atom. The monoisotopic (exact) mass is 395 g/mol. The second-order valence-electron chi connectivity index (χ2n) is 5.78. The predicted molar refractivity (Wildman–Crippen MR) is 89.7 cm³/mol. The molecular weight excluding hydrogens is 378 g/mol. The number of imide groups is 2. The maximum Gasteiger partial charge on any atom is 0.334 e. The van der Waals surface area contributed by atoms with Gasteiger partial charge in [-0.15, -0.1) is 0 Å². The molecule has 1 aliphatic rings. The van der Waals surface area contributed by atoms with E-state index in [-0.39, 0.29) is 0 Å². The predicted octanol–water partition coefficient (Wildman–Crippen LogP) is 1.61. The molecule has 0 unspecified atom stereocenters. The topological polar surface area (TPSA) is 78.0 Å². The Morgan fingerprint density at radius 2 is 1.79 bits per heavy atom. The quantitative estimate of drug-likeness (QED) is 0.560. The third kappa shape index (κ3) is 3.48. The number of likely N-dealkylation sites (N-methyl/N-ethyl adjacent to an activating group) is 1. The van der Waals surface area contributed by atoms with Crippen LogP contribution in [0.4, 0.5) is 4.79 Å². The summed E-state index contributed by atoms with van der Waals surface area (Å²) in [6.07, 6.45) is 0. The lowest BCUT2D eigenvalue weighted by atomic mass is 10.2. The normalized spacial score (nSPS) is 14.8. The van der Waals surface area contributed by atoms with E-state index >= 15 is 0 Å². The second kappa shape index (κ2) is 7.12. The molecule has 1 fully saturated rings. The van der Waals surface area contributed by atoms with E-state index in [9.17, 15) is 19.2 Å². The summed E-state index contributed by atoms with van der Waals surface area (Å²) in [7, 11) is 1.58. The van der Waals surface area contributed by atoms with E-state index in [2.05, 4.69) is 15.9 Å². The highest BCUT2D eigenvalue weighted by Crippen LogP contribution is 2.18. The highest BCUT2D eigenvalue weighted by molar-refractivity contribution is 9.10. The summed E-state index contributed by atoms with van der Waals surface area (Å²) in [5, 5.41) is 0. The summed E-state index contributed by atoms with van der Waals surface area (Å²) in [5.41, 5.74) is 0.896. The van der Waals surface area contributed by atoms with E-state index in [1.165, 1.54) is 4.90 Å². The van der Waals surface area contributed by atoms with Gasteiger partial charge in [0.15, 0.2) is 0 Å². The van der Waals surface area contributed by atoms with Crippen LogP contribution in [-0.2, 0) is 20.9 Å². The van der Waals surface area contributed by atoms with Gasteiger partial charge in [0.2, 0.25) is 5.91 Å². The van der Waals surface area contributed by atoms with Crippen molar-refractivity contribution in [1.82, 2.24) is 14.7 Å². The van der Waals surface area contributed by atoms with Gasteiger partial charge < -0.3 is 4.90 Å². The number of halogens is 1. The lowest BCUT2D eigenvalue weighted by Crippen LogP contribution is -2.42. The zero-order valence-electron chi connectivity index (χ0n) is 13.7. The Hall–Kier alpha value is -2.22. The van der Waals surface area contributed by atoms with Crippen LogP contribution in [0.15, 0.2) is 28.7 Å². The maximum atomic E-state index is 12.3. The first-order valence-electron chi connectivity index (χ1n) is 7.40. The molecule has 0 N–H and O–H groups in total. The largest absolute Gasteiger partial charge is 0.340 e. The molecule has 0 aromatic heterocycles. The molecule has 8 heteroatoms. The number of nitrogens with zero attached hydrogens (tertiary/aromatic N) is 3. The number of benzene rings is 1. The van der Waals surface area contributed by atoms with Crippen molar-refractivity contribution in [3.05, 3.63) is 34.3 Å². The molecule has 1 saturated heterocycles. The van der Waals surface area contributed by atoms with Crippen LogP contribution in [0.5, 0.6) is 0 Å². The molecule has 0 bridgehead atoms. The number of carbonyl (C=O) groups excluding carboxylic acids is 4. The van der Waals surface area contributed by atoms with Crippen molar-refractivity contribution in [2.75, 3.05) is 13.6 Å². The van der Waals surface area contributed by atoms with Gasteiger partial charge in [0, 0.05) is 24.1 Å². The molecule has 2 rings (SSSR count). The first-order chi connectivity index (χ1) is 11.2. The minimum atomic E-state index is -0.962. The van der Waals surface area contributed by atoms with Crippen LogP contribution in [0.2, 0.25) is 0 Å². The van der Waals surface area contributed by atoms with Crippen LogP contribution in [0.3, 0.4) is 0 Å². The van der Waals surface area contributed by atoms with Crippen LogP contribution >= 0.6 is 15.9 Å². The van der Waals surface area contributed by atoms with Crippen molar-refractivity contribution in [2.24, 2.45) is 0 Å². The van der Waals surface area contributed by atoms with E-state index < -0.39 is 36.3 Å². The van der Waals surface area contributed by atoms with Crippen molar-refractivity contribution in [3.63, 3.8) is 0 Å². The Bertz CT molecular complexity index is 704. The molecule has 0 spiro atoms. The molecular formula is C16H18BrN3O4. The molecule has 0 radical (unpaired) electrons. The fourth-order valence-corrected chi connectivity index (χ4v) is 2.75. The molecule has 0 atom stereocenters. The van der Waals surface area contributed by atoms with Crippen LogP contribution in [0.1, 0.15) is 19.4 Å². The van der Waals surface area contributed by atoms with E-state index in [1.54, 1.807) is 20.9 Å². The van der Waals surface area contributed by atoms with E-state index in [0.29, 0.717) is 11.4 Å². The van der Waals surface area contributed by atoms with Gasteiger partial charge >= 0.3 is 17.8 Å². The summed E-state index contributed by atoms with van der Waals surface area (Å²) in [5.74, 6) is -2.28. The molecule has 128 valence electrons. The van der Waals surface area contributed by atoms with E-state index in [4.69, 9.17) is 0 Å². The smallest absolute Gasteiger partial charge is 0.334 e. The number of hydrogen-bond acceptors (Lipinski definition) is 4. The third-order valence-electron chi connectivity index (χ3n) is 3.68. The molecule has 0 saturated carbocycles. The average molecular weight is 396 g/mol. The number of rotatable bonds is 5. The fourth-order valence-electron chi connectivity index (χ4n) is 2.34. The number of carbonyl (C=O) groups is 4. The molecule has 5 amide bonds. The minimum Gasteiger partial charge on any atom is -0.340 e. The highest BCUT2D eigenvalue weighted by atomic mass is 79.9. The van der Waals surface area contributed by atoms with Crippen molar-refractivity contribution in [1.29, 1.82) is 0 Å². The third-order valence-corrected chi connectivity index (χ3v) is 4.46. The standard InChI is InChI=1S/C16H18BrN3O4/c1-10(2)20-15(23)14(22)19(16(20)24)9-13(21)18(3)8-11-6-4-5-7-12(11)17/h4-7,10H,8-9H2,1-3H3. The van der Waals surface area contributed by atoms with Gasteiger partial charge in [-0.2, -0.15) is 0 Å². The Kier molecular flexibility index (Phi) is 5.38. The Balaban J connectivity index is 2.06. The van der Waals surface area contributed by atoms with Crippen molar-refractivity contribution in [3.8, 4) is 0 Å². The van der Waals surface area contributed by atoms with Crippen LogP contribution in [-0.4, -0.2) is 58.1 Å². The highest BCUT2D eigenvalue weighted by Gasteiger charge is 2.46. The molecule has 1 aromatic carbocycles. The first-order valence-corrected chi connectivity index (χ1v) is 8.19. The number of amides is 5. The summed E-state index contributed by atoms with van der Waals surface area (Å²) in [6, 6.07) is 6.26. The van der Waals surface area contributed by atoms with Gasteiger partial charge in [0.25, 0.3) is 0 Å². The van der Waals surface area contributed by atoms with Gasteiger partial charge in [-0.05, 0) is 25.5 Å². The molecule has 1 aliphatic heterocycles. The molecule has 0 aliphatic carbocycles. The van der Waals surface area contributed by atoms with Crippen LogP contribution in [0.25, 0.3) is 0 Å². The molecule has 7 nitrogen and oxygen atoms in total. The van der Waals surface area contributed by atoms with Gasteiger partial charge in [-0.25, -0.2) is 9.69 Å². The van der Waals surface area contributed by atoms with Crippen molar-refractivity contribution >= 4 is 39.7 Å². The number of urea groups is 1. The summed E-state index contributed by atoms with van der Waals surface area (Å²) < 4.78 is 0.860. The molecule has 24 heavy (non-hydrogen) atoms. The minimum absolute atomic E-state index is 0.318. The summed E-state index contributed by atoms with van der Waals surface area (Å²) >= 11 is 3.40. The second-order valence-corrected chi connectivity index (χ2v) is 6.64. The summed E-state index contributed by atoms with van der Waals surface area (Å²) in [4.78, 5) is 51.2. The lowest BCUT2D eigenvalue weighted by molar-refractivity contribution is -0.145.